The highest BCUT2D eigenvalue weighted by Gasteiger charge is 2.06. The van der Waals surface area contributed by atoms with Crippen LogP contribution in [-0.2, 0) is 0 Å². The SMILES string of the molecule is CCCCCCOc1ccc(C(=O)Nc2ccc(C#N)cc2)cc1. The second-order valence-electron chi connectivity index (χ2n) is 5.58. The lowest BCUT2D eigenvalue weighted by Crippen LogP contribution is -2.11. The predicted octanol–water partition coefficient (Wildman–Crippen LogP) is 4.77. The van der Waals surface area contributed by atoms with Crippen LogP contribution in [0.3, 0.4) is 0 Å². The van der Waals surface area contributed by atoms with Gasteiger partial charge in [-0.3, -0.25) is 4.79 Å². The maximum Gasteiger partial charge on any atom is 0.255 e. The highest BCUT2D eigenvalue weighted by Crippen LogP contribution is 2.15. The van der Waals surface area contributed by atoms with E-state index in [1.807, 2.05) is 18.2 Å². The minimum atomic E-state index is -0.186. The van der Waals surface area contributed by atoms with Crippen molar-refractivity contribution in [2.24, 2.45) is 0 Å². The van der Waals surface area contributed by atoms with E-state index in [1.165, 1.54) is 19.3 Å². The lowest BCUT2D eigenvalue weighted by molar-refractivity contribution is 0.102. The van der Waals surface area contributed by atoms with Gasteiger partial charge in [-0.25, -0.2) is 0 Å². The first-order chi connectivity index (χ1) is 11.7. The van der Waals surface area contributed by atoms with Crippen molar-refractivity contribution in [3.63, 3.8) is 0 Å². The number of hydrogen-bond acceptors (Lipinski definition) is 3. The van der Waals surface area contributed by atoms with E-state index in [4.69, 9.17) is 10.00 Å². The van der Waals surface area contributed by atoms with Crippen LogP contribution in [0.25, 0.3) is 0 Å². The number of anilines is 1. The highest BCUT2D eigenvalue weighted by atomic mass is 16.5. The lowest BCUT2D eigenvalue weighted by Gasteiger charge is -2.08. The zero-order valence-electron chi connectivity index (χ0n) is 13.9. The van der Waals surface area contributed by atoms with E-state index >= 15 is 0 Å². The first-order valence-electron chi connectivity index (χ1n) is 8.27. The van der Waals surface area contributed by atoms with Crippen molar-refractivity contribution >= 4 is 11.6 Å². The molecule has 0 unspecified atom stereocenters. The first-order valence-corrected chi connectivity index (χ1v) is 8.27. The summed E-state index contributed by atoms with van der Waals surface area (Å²) in [6.45, 7) is 2.89. The first kappa shape index (κ1) is 17.6. The maximum absolute atomic E-state index is 12.2. The molecule has 1 N–H and O–H groups in total. The number of amides is 1. The molecule has 24 heavy (non-hydrogen) atoms. The van der Waals surface area contributed by atoms with Crippen molar-refractivity contribution in [3.05, 3.63) is 59.7 Å². The van der Waals surface area contributed by atoms with Gasteiger partial charge in [0.05, 0.1) is 18.2 Å². The molecule has 4 nitrogen and oxygen atoms in total. The number of unbranched alkanes of at least 4 members (excludes halogenated alkanes) is 3. The van der Waals surface area contributed by atoms with Gasteiger partial charge in [-0.1, -0.05) is 26.2 Å². The molecule has 0 atom stereocenters. The van der Waals surface area contributed by atoms with Gasteiger partial charge in [0.2, 0.25) is 0 Å². The average molecular weight is 322 g/mol. The standard InChI is InChI=1S/C20H22N2O2/c1-2-3-4-5-14-24-19-12-8-17(9-13-19)20(23)22-18-10-6-16(15-21)7-11-18/h6-13H,2-5,14H2,1H3,(H,22,23). The van der Waals surface area contributed by atoms with Gasteiger partial charge in [0.1, 0.15) is 5.75 Å². The third kappa shape index (κ3) is 5.44. The Balaban J connectivity index is 1.85. The van der Waals surface area contributed by atoms with Crippen LogP contribution in [0.4, 0.5) is 5.69 Å². The van der Waals surface area contributed by atoms with Gasteiger partial charge in [-0.2, -0.15) is 5.26 Å². The van der Waals surface area contributed by atoms with Crippen LogP contribution in [-0.4, -0.2) is 12.5 Å². The number of carbonyl (C=O) groups excluding carboxylic acids is 1. The molecule has 0 aliphatic rings. The Hall–Kier alpha value is -2.80. The maximum atomic E-state index is 12.2. The second-order valence-corrected chi connectivity index (χ2v) is 5.58. The summed E-state index contributed by atoms with van der Waals surface area (Å²) in [5.74, 6) is 0.593. The molecule has 2 aromatic carbocycles. The lowest BCUT2D eigenvalue weighted by atomic mass is 10.2. The van der Waals surface area contributed by atoms with Gasteiger partial charge >= 0.3 is 0 Å². The number of hydrogen-bond donors (Lipinski definition) is 1. The van der Waals surface area contributed by atoms with E-state index in [0.29, 0.717) is 23.4 Å². The van der Waals surface area contributed by atoms with Crippen LogP contribution in [0.2, 0.25) is 0 Å². The summed E-state index contributed by atoms with van der Waals surface area (Å²) in [7, 11) is 0. The molecule has 0 heterocycles. The third-order valence-corrected chi connectivity index (χ3v) is 3.65. The molecular formula is C20H22N2O2. The molecule has 0 radical (unpaired) electrons. The molecule has 124 valence electrons. The van der Waals surface area contributed by atoms with E-state index in [0.717, 1.165) is 12.2 Å². The fourth-order valence-corrected chi connectivity index (χ4v) is 2.25. The fourth-order valence-electron chi connectivity index (χ4n) is 2.25. The molecule has 0 fully saturated rings. The van der Waals surface area contributed by atoms with E-state index in [-0.39, 0.29) is 5.91 Å². The van der Waals surface area contributed by atoms with Gasteiger partial charge in [0.15, 0.2) is 0 Å². The van der Waals surface area contributed by atoms with Crippen LogP contribution in [0.15, 0.2) is 48.5 Å². The van der Waals surface area contributed by atoms with Crippen LogP contribution < -0.4 is 10.1 Å². The Morgan fingerprint density at radius 3 is 2.38 bits per heavy atom. The summed E-state index contributed by atoms with van der Waals surface area (Å²) in [6.07, 6.45) is 4.68. The number of nitrogens with one attached hydrogen (secondary N) is 1. The Morgan fingerprint density at radius 2 is 1.75 bits per heavy atom. The molecule has 1 amide bonds. The summed E-state index contributed by atoms with van der Waals surface area (Å²) in [5, 5.41) is 11.6. The monoisotopic (exact) mass is 322 g/mol. The van der Waals surface area contributed by atoms with Crippen LogP contribution in [0.5, 0.6) is 5.75 Å². The Labute approximate surface area is 143 Å². The molecular weight excluding hydrogens is 300 g/mol. The van der Waals surface area contributed by atoms with E-state index in [9.17, 15) is 4.79 Å². The van der Waals surface area contributed by atoms with Gasteiger partial charge in [0.25, 0.3) is 5.91 Å². The molecule has 0 aromatic heterocycles. The van der Waals surface area contributed by atoms with Crippen molar-refractivity contribution < 1.29 is 9.53 Å². The van der Waals surface area contributed by atoms with Crippen molar-refractivity contribution in [3.8, 4) is 11.8 Å². The summed E-state index contributed by atoms with van der Waals surface area (Å²) in [4.78, 5) is 12.2. The molecule has 2 aromatic rings. The molecule has 0 spiro atoms. The van der Waals surface area contributed by atoms with E-state index in [2.05, 4.69) is 12.2 Å². The zero-order valence-corrected chi connectivity index (χ0v) is 13.9. The Bertz CT molecular complexity index is 685. The minimum Gasteiger partial charge on any atom is -0.494 e. The summed E-state index contributed by atoms with van der Waals surface area (Å²) in [5.41, 5.74) is 1.79. The highest BCUT2D eigenvalue weighted by molar-refractivity contribution is 6.04. The molecule has 0 aliphatic carbocycles. The molecule has 2 rings (SSSR count). The van der Waals surface area contributed by atoms with Gasteiger partial charge < -0.3 is 10.1 Å². The number of rotatable bonds is 8. The van der Waals surface area contributed by atoms with Crippen LogP contribution in [0.1, 0.15) is 48.5 Å². The quantitative estimate of drug-likeness (QED) is 0.712. The summed E-state index contributed by atoms with van der Waals surface area (Å²) < 4.78 is 5.67. The number of nitriles is 1. The van der Waals surface area contributed by atoms with Crippen LogP contribution in [0, 0.1) is 11.3 Å². The van der Waals surface area contributed by atoms with Gasteiger partial charge in [0, 0.05) is 11.3 Å². The van der Waals surface area contributed by atoms with Crippen molar-refractivity contribution in [1.29, 1.82) is 5.26 Å². The molecule has 0 bridgehead atoms. The number of ether oxygens (including phenoxy) is 1. The summed E-state index contributed by atoms with van der Waals surface area (Å²) in [6, 6.07) is 15.9. The second kappa shape index (κ2) is 9.36. The number of benzene rings is 2. The Kier molecular flexibility index (Phi) is 6.85. The number of nitrogens with zero attached hydrogens (tertiary/aromatic N) is 1. The van der Waals surface area contributed by atoms with Crippen LogP contribution >= 0.6 is 0 Å². The largest absolute Gasteiger partial charge is 0.494 e. The Morgan fingerprint density at radius 1 is 1.04 bits per heavy atom. The van der Waals surface area contributed by atoms with Crippen molar-refractivity contribution in [2.75, 3.05) is 11.9 Å². The topological polar surface area (TPSA) is 62.1 Å². The van der Waals surface area contributed by atoms with Crippen molar-refractivity contribution in [1.82, 2.24) is 0 Å². The van der Waals surface area contributed by atoms with Gasteiger partial charge in [-0.15, -0.1) is 0 Å². The number of carbonyl (C=O) groups is 1. The fraction of sp³-hybridized carbons (Fsp3) is 0.300. The summed E-state index contributed by atoms with van der Waals surface area (Å²) >= 11 is 0. The molecule has 0 saturated heterocycles. The van der Waals surface area contributed by atoms with E-state index in [1.54, 1.807) is 36.4 Å². The average Bonchev–Trinajstić information content (AvgIpc) is 2.62. The minimum absolute atomic E-state index is 0.186. The van der Waals surface area contributed by atoms with Gasteiger partial charge in [-0.05, 0) is 55.0 Å². The van der Waals surface area contributed by atoms with Crippen molar-refractivity contribution in [2.45, 2.75) is 32.6 Å². The molecule has 4 heteroatoms. The zero-order chi connectivity index (χ0) is 17.2. The normalized spacial score (nSPS) is 10.0. The smallest absolute Gasteiger partial charge is 0.255 e. The molecule has 0 aliphatic heterocycles. The van der Waals surface area contributed by atoms with E-state index < -0.39 is 0 Å². The predicted molar refractivity (Wildman–Crippen MR) is 95.2 cm³/mol. The molecule has 0 saturated carbocycles. The third-order valence-electron chi connectivity index (χ3n) is 3.65.